The lowest BCUT2D eigenvalue weighted by Crippen LogP contribution is -2.34. The van der Waals surface area contributed by atoms with Gasteiger partial charge in [0.05, 0.1) is 11.8 Å². The predicted octanol–water partition coefficient (Wildman–Crippen LogP) is 3.43. The molecule has 1 N–H and O–H groups in total. The highest BCUT2D eigenvalue weighted by atomic mass is 16.2. The molecular formula is C23H31N3O3. The van der Waals surface area contributed by atoms with Gasteiger partial charge in [0.1, 0.15) is 0 Å². The van der Waals surface area contributed by atoms with Crippen LogP contribution in [0, 0.1) is 17.8 Å². The molecule has 0 spiro atoms. The first-order chi connectivity index (χ1) is 14.0. The normalized spacial score (nSPS) is 25.3. The van der Waals surface area contributed by atoms with E-state index in [1.807, 2.05) is 24.3 Å². The molecule has 0 radical (unpaired) electrons. The minimum atomic E-state index is -0.167. The number of hydrogen-bond donors (Lipinski definition) is 1. The van der Waals surface area contributed by atoms with E-state index in [9.17, 15) is 14.4 Å². The summed E-state index contributed by atoms with van der Waals surface area (Å²) in [6.07, 6.45) is 6.22. The number of anilines is 2. The van der Waals surface area contributed by atoms with Crippen molar-refractivity contribution in [1.29, 1.82) is 0 Å². The van der Waals surface area contributed by atoms with E-state index in [1.165, 1.54) is 23.4 Å². The average molecular weight is 398 g/mol. The molecule has 6 nitrogen and oxygen atoms in total. The molecule has 2 saturated heterocycles. The van der Waals surface area contributed by atoms with E-state index in [4.69, 9.17) is 0 Å². The number of carbonyl (C=O) groups excluding carboxylic acids is 3. The van der Waals surface area contributed by atoms with Gasteiger partial charge in [0.15, 0.2) is 0 Å². The highest BCUT2D eigenvalue weighted by Crippen LogP contribution is 2.38. The van der Waals surface area contributed by atoms with Crippen molar-refractivity contribution >= 4 is 29.1 Å². The van der Waals surface area contributed by atoms with E-state index in [0.717, 1.165) is 50.4 Å². The molecule has 3 amide bonds. The van der Waals surface area contributed by atoms with Crippen molar-refractivity contribution in [3.63, 3.8) is 0 Å². The van der Waals surface area contributed by atoms with Crippen molar-refractivity contribution in [1.82, 2.24) is 4.90 Å². The van der Waals surface area contributed by atoms with Crippen LogP contribution in [0.1, 0.15) is 51.9 Å². The van der Waals surface area contributed by atoms with Crippen LogP contribution in [0.15, 0.2) is 24.3 Å². The second-order valence-electron chi connectivity index (χ2n) is 8.84. The Labute approximate surface area is 172 Å². The van der Waals surface area contributed by atoms with E-state index in [2.05, 4.69) is 17.1 Å². The fraction of sp³-hybridized carbons (Fsp3) is 0.609. The second kappa shape index (κ2) is 8.56. The van der Waals surface area contributed by atoms with Crippen LogP contribution in [-0.2, 0) is 14.4 Å². The number of nitrogens with one attached hydrogen (secondary N) is 1. The molecule has 3 aliphatic rings. The maximum absolute atomic E-state index is 12.5. The van der Waals surface area contributed by atoms with Crippen LogP contribution >= 0.6 is 0 Å². The van der Waals surface area contributed by atoms with Gasteiger partial charge in [0, 0.05) is 37.4 Å². The largest absolute Gasteiger partial charge is 0.372 e. The molecule has 2 atom stereocenters. The van der Waals surface area contributed by atoms with Gasteiger partial charge >= 0.3 is 0 Å². The quantitative estimate of drug-likeness (QED) is 0.773. The Morgan fingerprint density at radius 3 is 2.14 bits per heavy atom. The summed E-state index contributed by atoms with van der Waals surface area (Å²) in [4.78, 5) is 41.0. The Hall–Kier alpha value is -2.37. The molecule has 0 aromatic heterocycles. The minimum absolute atomic E-state index is 0.0762. The molecule has 3 fully saturated rings. The number of imide groups is 1. The first-order valence-electron chi connectivity index (χ1n) is 11.0. The Morgan fingerprint density at radius 1 is 0.966 bits per heavy atom. The average Bonchev–Trinajstić information content (AvgIpc) is 2.98. The van der Waals surface area contributed by atoms with E-state index in [1.54, 1.807) is 0 Å². The molecule has 6 heteroatoms. The van der Waals surface area contributed by atoms with Crippen LogP contribution in [0.5, 0.6) is 0 Å². The van der Waals surface area contributed by atoms with E-state index in [-0.39, 0.29) is 42.5 Å². The van der Waals surface area contributed by atoms with Crippen LogP contribution in [0.3, 0.4) is 0 Å². The summed E-state index contributed by atoms with van der Waals surface area (Å²) in [5.74, 6) is 0.179. The summed E-state index contributed by atoms with van der Waals surface area (Å²) in [5, 5.41) is 2.89. The number of hydrogen-bond acceptors (Lipinski definition) is 4. The van der Waals surface area contributed by atoms with Crippen LogP contribution in [0.25, 0.3) is 0 Å². The van der Waals surface area contributed by atoms with E-state index in [0.29, 0.717) is 0 Å². The smallest absolute Gasteiger partial charge is 0.233 e. The lowest BCUT2D eigenvalue weighted by Gasteiger charge is -2.32. The van der Waals surface area contributed by atoms with Gasteiger partial charge in [-0.05, 0) is 55.9 Å². The molecule has 4 rings (SSSR count). The van der Waals surface area contributed by atoms with Crippen molar-refractivity contribution < 1.29 is 14.4 Å². The third kappa shape index (κ3) is 4.31. The maximum Gasteiger partial charge on any atom is 0.233 e. The van der Waals surface area contributed by atoms with Gasteiger partial charge in [-0.1, -0.05) is 19.8 Å². The molecule has 1 aromatic carbocycles. The molecule has 2 aliphatic heterocycles. The number of likely N-dealkylation sites (tertiary alicyclic amines) is 1. The zero-order valence-electron chi connectivity index (χ0n) is 17.2. The topological polar surface area (TPSA) is 69.7 Å². The Bertz CT molecular complexity index is 744. The van der Waals surface area contributed by atoms with Crippen molar-refractivity contribution in [2.24, 2.45) is 17.8 Å². The molecule has 0 bridgehead atoms. The minimum Gasteiger partial charge on any atom is -0.372 e. The molecule has 1 aromatic rings. The van der Waals surface area contributed by atoms with Gasteiger partial charge < -0.3 is 10.2 Å². The third-order valence-electron chi connectivity index (χ3n) is 6.79. The summed E-state index contributed by atoms with van der Waals surface area (Å²) in [6, 6.07) is 7.94. The van der Waals surface area contributed by atoms with E-state index >= 15 is 0 Å². The first-order valence-corrected chi connectivity index (χ1v) is 11.0. The summed E-state index contributed by atoms with van der Waals surface area (Å²) in [5.41, 5.74) is 1.93. The van der Waals surface area contributed by atoms with Crippen molar-refractivity contribution in [2.75, 3.05) is 29.9 Å². The summed E-state index contributed by atoms with van der Waals surface area (Å²) < 4.78 is 0. The molecule has 1 saturated carbocycles. The summed E-state index contributed by atoms with van der Waals surface area (Å²) in [7, 11) is 0. The summed E-state index contributed by atoms with van der Waals surface area (Å²) >= 11 is 0. The SMILES string of the molecule is CC1CCN(c2ccc(NC(=O)CCN3C(=O)C4CCCCC4C3=O)cc2)CC1. The van der Waals surface area contributed by atoms with E-state index < -0.39 is 0 Å². The van der Waals surface area contributed by atoms with Crippen LogP contribution in [0.2, 0.25) is 0 Å². The number of carbonyl (C=O) groups is 3. The highest BCUT2D eigenvalue weighted by molar-refractivity contribution is 6.05. The fourth-order valence-electron chi connectivity index (χ4n) is 4.91. The lowest BCUT2D eigenvalue weighted by atomic mass is 9.81. The standard InChI is InChI=1S/C23H31N3O3/c1-16-10-13-25(14-11-16)18-8-6-17(7-9-18)24-21(27)12-15-26-22(28)19-4-2-3-5-20(19)23(26)29/h6-9,16,19-20H,2-5,10-15H2,1H3,(H,24,27). The van der Waals surface area contributed by atoms with Crippen LogP contribution < -0.4 is 10.2 Å². The molecule has 1 aliphatic carbocycles. The van der Waals surface area contributed by atoms with Crippen molar-refractivity contribution in [3.05, 3.63) is 24.3 Å². The Kier molecular flexibility index (Phi) is 5.88. The zero-order chi connectivity index (χ0) is 20.4. The highest BCUT2D eigenvalue weighted by Gasteiger charge is 2.47. The van der Waals surface area contributed by atoms with Crippen molar-refractivity contribution in [3.8, 4) is 0 Å². The number of benzene rings is 1. The molecule has 156 valence electrons. The van der Waals surface area contributed by atoms with Gasteiger partial charge in [-0.2, -0.15) is 0 Å². The number of amides is 3. The molecular weight excluding hydrogens is 366 g/mol. The van der Waals surface area contributed by atoms with Crippen molar-refractivity contribution in [2.45, 2.75) is 51.9 Å². The van der Waals surface area contributed by atoms with Gasteiger partial charge in [0.25, 0.3) is 0 Å². The summed E-state index contributed by atoms with van der Waals surface area (Å²) in [6.45, 7) is 4.63. The Balaban J connectivity index is 1.27. The third-order valence-corrected chi connectivity index (χ3v) is 6.79. The number of nitrogens with zero attached hydrogens (tertiary/aromatic N) is 2. The second-order valence-corrected chi connectivity index (χ2v) is 8.84. The number of piperidine rings is 1. The molecule has 2 unspecified atom stereocenters. The number of fused-ring (bicyclic) bond motifs is 1. The Morgan fingerprint density at radius 2 is 1.55 bits per heavy atom. The van der Waals surface area contributed by atoms with Gasteiger partial charge in [-0.25, -0.2) is 0 Å². The van der Waals surface area contributed by atoms with Crippen LogP contribution in [0.4, 0.5) is 11.4 Å². The fourth-order valence-corrected chi connectivity index (χ4v) is 4.91. The number of rotatable bonds is 5. The maximum atomic E-state index is 12.5. The molecule has 2 heterocycles. The van der Waals surface area contributed by atoms with Gasteiger partial charge in [0.2, 0.25) is 17.7 Å². The lowest BCUT2D eigenvalue weighted by molar-refractivity contribution is -0.140. The van der Waals surface area contributed by atoms with Crippen LogP contribution in [-0.4, -0.2) is 42.3 Å². The monoisotopic (exact) mass is 397 g/mol. The zero-order valence-corrected chi connectivity index (χ0v) is 17.2. The molecule has 29 heavy (non-hydrogen) atoms. The van der Waals surface area contributed by atoms with Gasteiger partial charge in [-0.15, -0.1) is 0 Å². The first kappa shape index (κ1) is 19.9. The predicted molar refractivity (Wildman–Crippen MR) is 112 cm³/mol. The van der Waals surface area contributed by atoms with Gasteiger partial charge in [-0.3, -0.25) is 19.3 Å².